The number of aromatic nitrogens is 1. The van der Waals surface area contributed by atoms with Gasteiger partial charge in [-0.2, -0.15) is 0 Å². The summed E-state index contributed by atoms with van der Waals surface area (Å²) in [5.74, 6) is -0.120. The first-order chi connectivity index (χ1) is 5.09. The Morgan fingerprint density at radius 3 is 2.55 bits per heavy atom. The van der Waals surface area contributed by atoms with Crippen LogP contribution in [-0.4, -0.2) is 10.8 Å². The third kappa shape index (κ3) is 1.77. The van der Waals surface area contributed by atoms with E-state index in [1.54, 1.807) is 6.92 Å². The van der Waals surface area contributed by atoms with Crippen LogP contribution in [-0.2, 0) is 0 Å². The van der Waals surface area contributed by atoms with Gasteiger partial charge in [-0.3, -0.25) is 9.59 Å². The highest BCUT2D eigenvalue weighted by atomic mass is 16.1. The number of hydrogen-bond acceptors (Lipinski definition) is 2. The van der Waals surface area contributed by atoms with Crippen LogP contribution in [0.4, 0.5) is 0 Å². The van der Waals surface area contributed by atoms with Crippen LogP contribution in [0.3, 0.4) is 0 Å². The molecule has 3 heteroatoms. The predicted octanol–water partition coefficient (Wildman–Crippen LogP) is 0.886. The average molecular weight is 151 g/mol. The van der Waals surface area contributed by atoms with Gasteiger partial charge in [0, 0.05) is 24.8 Å². The molecule has 1 rings (SSSR count). The molecule has 3 nitrogen and oxygen atoms in total. The Kier molecular flexibility index (Phi) is 1.89. The van der Waals surface area contributed by atoms with E-state index in [1.165, 1.54) is 19.1 Å². The summed E-state index contributed by atoms with van der Waals surface area (Å²) in [6, 6.07) is 2.75. The number of rotatable bonds is 1. The topological polar surface area (TPSA) is 49.9 Å². The lowest BCUT2D eigenvalue weighted by molar-refractivity contribution is 0.101. The first-order valence-corrected chi connectivity index (χ1v) is 3.31. The largest absolute Gasteiger partial charge is 0.356 e. The second kappa shape index (κ2) is 2.70. The molecule has 0 radical (unpaired) electrons. The summed E-state index contributed by atoms with van der Waals surface area (Å²) in [5.41, 5.74) is 0.948. The van der Waals surface area contributed by atoms with Crippen molar-refractivity contribution < 1.29 is 4.79 Å². The van der Waals surface area contributed by atoms with Crippen LogP contribution in [0.1, 0.15) is 23.1 Å². The predicted molar refractivity (Wildman–Crippen MR) is 41.8 cm³/mol. The Hall–Kier alpha value is -1.38. The van der Waals surface area contributed by atoms with E-state index in [2.05, 4.69) is 4.98 Å². The fourth-order valence-electron chi connectivity index (χ4n) is 0.872. The second-order valence-corrected chi connectivity index (χ2v) is 2.47. The number of carbonyl (C=O) groups excluding carboxylic acids is 1. The normalized spacial score (nSPS) is 9.64. The van der Waals surface area contributed by atoms with Crippen molar-refractivity contribution in [2.24, 2.45) is 0 Å². The minimum Gasteiger partial charge on any atom is -0.356 e. The molecule has 1 heterocycles. The minimum atomic E-state index is -0.133. The number of Topliss-reactive ketones (excluding diaryl/α,β-unsaturated/α-hetero) is 1. The number of ketones is 1. The van der Waals surface area contributed by atoms with Gasteiger partial charge in [-0.1, -0.05) is 0 Å². The number of pyridine rings is 1. The van der Waals surface area contributed by atoms with E-state index in [1.807, 2.05) is 0 Å². The lowest BCUT2D eigenvalue weighted by Crippen LogP contribution is -2.07. The van der Waals surface area contributed by atoms with E-state index in [-0.39, 0.29) is 11.2 Å². The van der Waals surface area contributed by atoms with Crippen molar-refractivity contribution in [2.75, 3.05) is 0 Å². The molecule has 0 aromatic carbocycles. The molecule has 0 amide bonds. The molecular weight excluding hydrogens is 142 g/mol. The van der Waals surface area contributed by atoms with Crippen molar-refractivity contribution >= 4 is 5.78 Å². The summed E-state index contributed by atoms with van der Waals surface area (Å²) < 4.78 is 0. The summed E-state index contributed by atoms with van der Waals surface area (Å²) in [6.07, 6.45) is 0. The highest BCUT2D eigenvalue weighted by molar-refractivity contribution is 5.91. The molecule has 0 aliphatic rings. The van der Waals surface area contributed by atoms with Crippen LogP contribution in [0.2, 0.25) is 0 Å². The highest BCUT2D eigenvalue weighted by Gasteiger charge is 1.99. The average Bonchev–Trinajstić information content (AvgIpc) is 1.85. The number of nitrogens with one attached hydrogen (secondary N) is 1. The molecule has 0 bridgehead atoms. The van der Waals surface area contributed by atoms with Crippen LogP contribution >= 0.6 is 0 Å². The quantitative estimate of drug-likeness (QED) is 0.606. The van der Waals surface area contributed by atoms with Crippen molar-refractivity contribution in [3.63, 3.8) is 0 Å². The molecule has 0 aliphatic carbocycles. The van der Waals surface area contributed by atoms with Crippen LogP contribution < -0.4 is 5.43 Å². The van der Waals surface area contributed by atoms with Crippen molar-refractivity contribution in [1.82, 2.24) is 4.98 Å². The van der Waals surface area contributed by atoms with Crippen molar-refractivity contribution in [3.8, 4) is 0 Å². The number of carbonyl (C=O) groups is 1. The third-order valence-corrected chi connectivity index (χ3v) is 1.36. The van der Waals surface area contributed by atoms with Gasteiger partial charge in [0.05, 0.1) is 5.69 Å². The van der Waals surface area contributed by atoms with E-state index in [9.17, 15) is 9.59 Å². The first-order valence-electron chi connectivity index (χ1n) is 3.31. The summed E-state index contributed by atoms with van der Waals surface area (Å²) >= 11 is 0. The van der Waals surface area contributed by atoms with Crippen molar-refractivity contribution in [3.05, 3.63) is 33.7 Å². The lowest BCUT2D eigenvalue weighted by Gasteiger charge is -1.96. The Morgan fingerprint density at radius 1 is 1.45 bits per heavy atom. The van der Waals surface area contributed by atoms with Gasteiger partial charge in [0.15, 0.2) is 11.2 Å². The Bertz CT molecular complexity index is 338. The fourth-order valence-corrected chi connectivity index (χ4v) is 0.872. The number of aromatic amines is 1. The van der Waals surface area contributed by atoms with Gasteiger partial charge < -0.3 is 4.98 Å². The summed E-state index contributed by atoms with van der Waals surface area (Å²) in [5, 5.41) is 0. The molecule has 1 aromatic heterocycles. The second-order valence-electron chi connectivity index (χ2n) is 2.47. The van der Waals surface area contributed by atoms with Gasteiger partial charge in [0.25, 0.3) is 0 Å². The zero-order valence-corrected chi connectivity index (χ0v) is 6.47. The Labute approximate surface area is 64.1 Å². The Balaban J connectivity index is 3.30. The maximum atomic E-state index is 10.8. The molecule has 1 N–H and O–H groups in total. The van der Waals surface area contributed by atoms with E-state index in [4.69, 9.17) is 0 Å². The van der Waals surface area contributed by atoms with E-state index < -0.39 is 0 Å². The van der Waals surface area contributed by atoms with Crippen LogP contribution in [0, 0.1) is 6.92 Å². The molecule has 0 atom stereocenters. The number of H-pyrrole nitrogens is 1. The maximum absolute atomic E-state index is 10.8. The smallest absolute Gasteiger partial charge is 0.182 e. The van der Waals surface area contributed by atoms with Crippen molar-refractivity contribution in [2.45, 2.75) is 13.8 Å². The Morgan fingerprint density at radius 2 is 2.09 bits per heavy atom. The van der Waals surface area contributed by atoms with Crippen LogP contribution in [0.25, 0.3) is 0 Å². The molecule has 0 saturated carbocycles. The first kappa shape index (κ1) is 7.72. The highest BCUT2D eigenvalue weighted by Crippen LogP contribution is 1.93. The van der Waals surface area contributed by atoms with Gasteiger partial charge in [-0.25, -0.2) is 0 Å². The van der Waals surface area contributed by atoms with Crippen LogP contribution in [0.15, 0.2) is 16.9 Å². The summed E-state index contributed by atoms with van der Waals surface area (Å²) in [6.45, 7) is 3.17. The monoisotopic (exact) mass is 151 g/mol. The van der Waals surface area contributed by atoms with Gasteiger partial charge in [-0.15, -0.1) is 0 Å². The molecule has 0 aliphatic heterocycles. The molecule has 0 saturated heterocycles. The molecule has 11 heavy (non-hydrogen) atoms. The SMILES string of the molecule is CC(=O)c1cc(=O)cc(C)[nH]1. The van der Waals surface area contributed by atoms with E-state index >= 15 is 0 Å². The molecule has 0 fully saturated rings. The number of aryl methyl sites for hydroxylation is 1. The molecule has 58 valence electrons. The van der Waals surface area contributed by atoms with Gasteiger partial charge in [-0.05, 0) is 6.92 Å². The molecule has 0 spiro atoms. The summed E-state index contributed by atoms with van der Waals surface area (Å²) in [4.78, 5) is 24.4. The van der Waals surface area contributed by atoms with Crippen LogP contribution in [0.5, 0.6) is 0 Å². The zero-order chi connectivity index (χ0) is 8.43. The van der Waals surface area contributed by atoms with Crippen molar-refractivity contribution in [1.29, 1.82) is 0 Å². The third-order valence-electron chi connectivity index (χ3n) is 1.36. The maximum Gasteiger partial charge on any atom is 0.182 e. The van der Waals surface area contributed by atoms with Gasteiger partial charge >= 0.3 is 0 Å². The van der Waals surface area contributed by atoms with Gasteiger partial charge in [0.2, 0.25) is 0 Å². The molecular formula is C8H9NO2. The molecule has 1 aromatic rings. The van der Waals surface area contributed by atoms with E-state index in [0.717, 1.165) is 0 Å². The molecule has 0 unspecified atom stereocenters. The minimum absolute atomic E-state index is 0.120. The number of hydrogen-bond donors (Lipinski definition) is 1. The zero-order valence-electron chi connectivity index (χ0n) is 6.47. The lowest BCUT2D eigenvalue weighted by atomic mass is 10.2. The standard InChI is InChI=1S/C8H9NO2/c1-5-3-7(11)4-8(9-5)6(2)10/h3-4H,1-2H3,(H,9,11). The fraction of sp³-hybridized carbons (Fsp3) is 0.250. The summed E-state index contributed by atoms with van der Waals surface area (Å²) in [7, 11) is 0. The van der Waals surface area contributed by atoms with Gasteiger partial charge in [0.1, 0.15) is 0 Å². The van der Waals surface area contributed by atoms with E-state index in [0.29, 0.717) is 11.4 Å².